The number of benzene rings is 2. The normalized spacial score (nSPS) is 12.7. The lowest BCUT2D eigenvalue weighted by Gasteiger charge is -2.16. The fraction of sp³-hybridized carbons (Fsp3) is 0.286. The van der Waals surface area contributed by atoms with Crippen LogP contribution in [-0.4, -0.2) is 7.11 Å². The summed E-state index contributed by atoms with van der Waals surface area (Å²) in [5.41, 5.74) is 7.27. The van der Waals surface area contributed by atoms with Gasteiger partial charge in [0.25, 0.3) is 0 Å². The Bertz CT molecular complexity index is 493. The van der Waals surface area contributed by atoms with E-state index in [0.29, 0.717) is 0 Å². The van der Waals surface area contributed by atoms with Crippen molar-refractivity contribution in [2.24, 2.45) is 5.73 Å². The van der Waals surface area contributed by atoms with Crippen molar-refractivity contribution in [2.75, 3.05) is 7.11 Å². The van der Waals surface area contributed by atoms with Crippen LogP contribution in [-0.2, 0) is 0 Å². The van der Waals surface area contributed by atoms with Crippen LogP contribution in [0.25, 0.3) is 10.8 Å². The van der Waals surface area contributed by atoms with Crippen LogP contribution in [0.5, 0.6) is 5.75 Å². The highest BCUT2D eigenvalue weighted by molar-refractivity contribution is 5.88. The van der Waals surface area contributed by atoms with Crippen molar-refractivity contribution in [3.63, 3.8) is 0 Å². The van der Waals surface area contributed by atoms with Crippen LogP contribution in [0.1, 0.15) is 24.9 Å². The number of hydrogen-bond donors (Lipinski definition) is 1. The molecule has 84 valence electrons. The van der Waals surface area contributed by atoms with Crippen LogP contribution >= 0.6 is 0 Å². The summed E-state index contributed by atoms with van der Waals surface area (Å²) in [6.07, 6.45) is 0.907. The van der Waals surface area contributed by atoms with Gasteiger partial charge in [0.15, 0.2) is 0 Å². The lowest BCUT2D eigenvalue weighted by molar-refractivity contribution is 0.406. The van der Waals surface area contributed by atoms with Gasteiger partial charge in [-0.15, -0.1) is 0 Å². The quantitative estimate of drug-likeness (QED) is 0.853. The Kier molecular flexibility index (Phi) is 3.11. The topological polar surface area (TPSA) is 35.2 Å². The Morgan fingerprint density at radius 1 is 1.19 bits per heavy atom. The van der Waals surface area contributed by atoms with Gasteiger partial charge in [0, 0.05) is 11.6 Å². The summed E-state index contributed by atoms with van der Waals surface area (Å²) in [5, 5.41) is 2.40. The highest BCUT2D eigenvalue weighted by Gasteiger charge is 2.13. The van der Waals surface area contributed by atoms with Gasteiger partial charge in [-0.3, -0.25) is 0 Å². The van der Waals surface area contributed by atoms with Gasteiger partial charge in [-0.2, -0.15) is 0 Å². The molecule has 0 radical (unpaired) electrons. The van der Waals surface area contributed by atoms with E-state index in [1.165, 1.54) is 10.8 Å². The van der Waals surface area contributed by atoms with Crippen LogP contribution in [0.3, 0.4) is 0 Å². The third-order valence-electron chi connectivity index (χ3n) is 2.96. The summed E-state index contributed by atoms with van der Waals surface area (Å²) in [5.74, 6) is 0.882. The van der Waals surface area contributed by atoms with Gasteiger partial charge in [0.1, 0.15) is 5.75 Å². The van der Waals surface area contributed by atoms with Gasteiger partial charge in [-0.05, 0) is 23.3 Å². The average Bonchev–Trinajstić information content (AvgIpc) is 2.36. The lowest BCUT2D eigenvalue weighted by atomic mass is 9.97. The second-order valence-corrected chi connectivity index (χ2v) is 3.92. The summed E-state index contributed by atoms with van der Waals surface area (Å²) < 4.78 is 5.40. The zero-order valence-corrected chi connectivity index (χ0v) is 9.73. The van der Waals surface area contributed by atoms with Crippen LogP contribution < -0.4 is 10.5 Å². The van der Waals surface area contributed by atoms with E-state index in [4.69, 9.17) is 10.5 Å². The van der Waals surface area contributed by atoms with E-state index >= 15 is 0 Å². The molecule has 0 aliphatic rings. The predicted molar refractivity (Wildman–Crippen MR) is 67.7 cm³/mol. The van der Waals surface area contributed by atoms with Crippen molar-refractivity contribution in [1.82, 2.24) is 0 Å². The Hall–Kier alpha value is -1.54. The van der Waals surface area contributed by atoms with Gasteiger partial charge < -0.3 is 10.5 Å². The first-order valence-corrected chi connectivity index (χ1v) is 5.59. The Morgan fingerprint density at radius 3 is 2.62 bits per heavy atom. The SMILES string of the molecule is CC[C@@H](N)c1c(OC)ccc2ccccc12. The fourth-order valence-electron chi connectivity index (χ4n) is 2.04. The Balaban J connectivity index is 2.72. The van der Waals surface area contributed by atoms with Crippen LogP contribution in [0.4, 0.5) is 0 Å². The molecular weight excluding hydrogens is 198 g/mol. The van der Waals surface area contributed by atoms with Crippen molar-refractivity contribution >= 4 is 10.8 Å². The molecular formula is C14H17NO. The van der Waals surface area contributed by atoms with Crippen LogP contribution in [0.15, 0.2) is 36.4 Å². The molecule has 0 bridgehead atoms. The predicted octanol–water partition coefficient (Wildman–Crippen LogP) is 3.26. The van der Waals surface area contributed by atoms with Crippen molar-refractivity contribution in [1.29, 1.82) is 0 Å². The molecule has 0 aliphatic heterocycles. The van der Waals surface area contributed by atoms with E-state index in [1.54, 1.807) is 7.11 Å². The van der Waals surface area contributed by atoms with E-state index in [-0.39, 0.29) is 6.04 Å². The second kappa shape index (κ2) is 4.54. The van der Waals surface area contributed by atoms with Crippen molar-refractivity contribution in [3.8, 4) is 5.75 Å². The molecule has 16 heavy (non-hydrogen) atoms. The maximum Gasteiger partial charge on any atom is 0.124 e. The van der Waals surface area contributed by atoms with Crippen molar-refractivity contribution in [3.05, 3.63) is 42.0 Å². The van der Waals surface area contributed by atoms with Crippen LogP contribution in [0, 0.1) is 0 Å². The van der Waals surface area contributed by atoms with Crippen molar-refractivity contribution < 1.29 is 4.74 Å². The molecule has 2 heteroatoms. The molecule has 0 aliphatic carbocycles. The van der Waals surface area contributed by atoms with E-state index in [9.17, 15) is 0 Å². The first-order valence-electron chi connectivity index (χ1n) is 5.59. The maximum absolute atomic E-state index is 6.16. The molecule has 0 amide bonds. The molecule has 2 nitrogen and oxygen atoms in total. The molecule has 0 aromatic heterocycles. The lowest BCUT2D eigenvalue weighted by Crippen LogP contribution is -2.10. The minimum Gasteiger partial charge on any atom is -0.496 e. The zero-order valence-electron chi connectivity index (χ0n) is 9.73. The maximum atomic E-state index is 6.16. The number of hydrogen-bond acceptors (Lipinski definition) is 2. The van der Waals surface area contributed by atoms with E-state index in [2.05, 4.69) is 25.1 Å². The number of fused-ring (bicyclic) bond motifs is 1. The molecule has 0 fully saturated rings. The molecule has 0 heterocycles. The van der Waals surface area contributed by atoms with Gasteiger partial charge >= 0.3 is 0 Å². The number of ether oxygens (including phenoxy) is 1. The smallest absolute Gasteiger partial charge is 0.124 e. The van der Waals surface area contributed by atoms with Crippen LogP contribution in [0.2, 0.25) is 0 Å². The molecule has 0 saturated carbocycles. The monoisotopic (exact) mass is 215 g/mol. The number of nitrogens with two attached hydrogens (primary N) is 1. The summed E-state index contributed by atoms with van der Waals surface area (Å²) >= 11 is 0. The van der Waals surface area contributed by atoms with Gasteiger partial charge in [0.2, 0.25) is 0 Å². The van der Waals surface area contributed by atoms with Gasteiger partial charge in [-0.25, -0.2) is 0 Å². The average molecular weight is 215 g/mol. The molecule has 0 saturated heterocycles. The molecule has 0 spiro atoms. The van der Waals surface area contributed by atoms with Crippen molar-refractivity contribution in [2.45, 2.75) is 19.4 Å². The molecule has 2 N–H and O–H groups in total. The molecule has 2 aromatic carbocycles. The third-order valence-corrected chi connectivity index (χ3v) is 2.96. The Labute approximate surface area is 96.0 Å². The summed E-state index contributed by atoms with van der Waals surface area (Å²) in [6, 6.07) is 12.4. The largest absolute Gasteiger partial charge is 0.496 e. The summed E-state index contributed by atoms with van der Waals surface area (Å²) in [4.78, 5) is 0. The second-order valence-electron chi connectivity index (χ2n) is 3.92. The van der Waals surface area contributed by atoms with Gasteiger partial charge in [0.05, 0.1) is 7.11 Å². The first kappa shape index (κ1) is 11.0. The third kappa shape index (κ3) is 1.76. The number of rotatable bonds is 3. The molecule has 1 atom stereocenters. The standard InChI is InChI=1S/C14H17NO/c1-3-12(15)14-11-7-5-4-6-10(11)8-9-13(14)16-2/h4-9,12H,3,15H2,1-2H3/t12-/m1/s1. The Morgan fingerprint density at radius 2 is 1.94 bits per heavy atom. The summed E-state index contributed by atoms with van der Waals surface area (Å²) in [7, 11) is 1.69. The molecule has 0 unspecified atom stereocenters. The first-order chi connectivity index (χ1) is 7.77. The molecule has 2 rings (SSSR count). The van der Waals surface area contributed by atoms with Gasteiger partial charge in [-0.1, -0.05) is 37.3 Å². The highest BCUT2D eigenvalue weighted by atomic mass is 16.5. The number of methoxy groups -OCH3 is 1. The minimum absolute atomic E-state index is 0.0287. The zero-order chi connectivity index (χ0) is 11.5. The highest BCUT2D eigenvalue weighted by Crippen LogP contribution is 2.33. The fourth-order valence-corrected chi connectivity index (χ4v) is 2.04. The molecule has 2 aromatic rings. The van der Waals surface area contributed by atoms with E-state index < -0.39 is 0 Å². The minimum atomic E-state index is 0.0287. The van der Waals surface area contributed by atoms with E-state index in [0.717, 1.165) is 17.7 Å². The van der Waals surface area contributed by atoms with E-state index in [1.807, 2.05) is 18.2 Å². The summed E-state index contributed by atoms with van der Waals surface area (Å²) in [6.45, 7) is 2.09.